The van der Waals surface area contributed by atoms with Gasteiger partial charge in [-0.2, -0.15) is 0 Å². The summed E-state index contributed by atoms with van der Waals surface area (Å²) in [7, 11) is 0. The Morgan fingerprint density at radius 3 is 2.33 bits per heavy atom. The van der Waals surface area contributed by atoms with Crippen molar-refractivity contribution < 1.29 is 24.9 Å². The number of carbonyl (C=O) groups is 2. The monoisotopic (exact) mass is 253 g/mol. The van der Waals surface area contributed by atoms with E-state index in [1.807, 2.05) is 0 Å². The average molecular weight is 253 g/mol. The Morgan fingerprint density at radius 2 is 1.83 bits per heavy atom. The highest BCUT2D eigenvalue weighted by molar-refractivity contribution is 5.86. The van der Waals surface area contributed by atoms with Gasteiger partial charge in [0, 0.05) is 13.0 Å². The summed E-state index contributed by atoms with van der Waals surface area (Å²) in [6, 6.07) is 6.97. The lowest BCUT2D eigenvalue weighted by molar-refractivity contribution is -0.143. The zero-order valence-corrected chi connectivity index (χ0v) is 9.61. The van der Waals surface area contributed by atoms with Crippen molar-refractivity contribution in [3.63, 3.8) is 0 Å². The van der Waals surface area contributed by atoms with Gasteiger partial charge >= 0.3 is 5.97 Å². The van der Waals surface area contributed by atoms with Gasteiger partial charge in [-0.15, -0.1) is 0 Å². The summed E-state index contributed by atoms with van der Waals surface area (Å²) in [5, 5.41) is 29.4. The van der Waals surface area contributed by atoms with Gasteiger partial charge in [0.25, 0.3) is 5.91 Å². The summed E-state index contributed by atoms with van der Waals surface area (Å²) in [5.74, 6) is -2.06. The van der Waals surface area contributed by atoms with E-state index in [4.69, 9.17) is 10.2 Å². The van der Waals surface area contributed by atoms with Crippen LogP contribution in [0.5, 0.6) is 0 Å². The Kier molecular flexibility index (Phi) is 5.29. The fourth-order valence-electron chi connectivity index (χ4n) is 1.42. The van der Waals surface area contributed by atoms with Crippen LogP contribution >= 0.6 is 0 Å². The number of aliphatic hydroxyl groups is 2. The SMILES string of the molecule is O=C(N[C@H](CCO)C(=O)O)C(O)c1ccccc1. The second-order valence-corrected chi connectivity index (χ2v) is 3.72. The summed E-state index contributed by atoms with van der Waals surface area (Å²) in [4.78, 5) is 22.4. The highest BCUT2D eigenvalue weighted by Gasteiger charge is 2.24. The fraction of sp³-hybridized carbons (Fsp3) is 0.333. The van der Waals surface area contributed by atoms with Gasteiger partial charge < -0.3 is 20.6 Å². The third-order valence-electron chi connectivity index (χ3n) is 2.40. The second-order valence-electron chi connectivity index (χ2n) is 3.72. The molecule has 0 spiro atoms. The first-order valence-corrected chi connectivity index (χ1v) is 5.43. The molecule has 6 nitrogen and oxygen atoms in total. The number of carboxylic acid groups (broad SMARTS) is 1. The molecule has 18 heavy (non-hydrogen) atoms. The van der Waals surface area contributed by atoms with Crippen LogP contribution in [-0.4, -0.2) is 39.8 Å². The number of aliphatic hydroxyl groups excluding tert-OH is 2. The maximum absolute atomic E-state index is 11.6. The van der Waals surface area contributed by atoms with E-state index in [1.165, 1.54) is 0 Å². The number of benzene rings is 1. The van der Waals surface area contributed by atoms with E-state index < -0.39 is 24.0 Å². The number of aliphatic carboxylic acids is 1. The molecule has 0 fully saturated rings. The van der Waals surface area contributed by atoms with Gasteiger partial charge in [-0.3, -0.25) is 4.79 Å². The number of hydrogen-bond donors (Lipinski definition) is 4. The normalized spacial score (nSPS) is 13.7. The van der Waals surface area contributed by atoms with Crippen LogP contribution < -0.4 is 5.32 Å². The Hall–Kier alpha value is -1.92. The molecule has 98 valence electrons. The average Bonchev–Trinajstić information content (AvgIpc) is 2.38. The fourth-order valence-corrected chi connectivity index (χ4v) is 1.42. The zero-order valence-electron chi connectivity index (χ0n) is 9.61. The summed E-state index contributed by atoms with van der Waals surface area (Å²) >= 11 is 0. The van der Waals surface area contributed by atoms with Crippen LogP contribution in [0.3, 0.4) is 0 Å². The minimum atomic E-state index is -1.42. The maximum Gasteiger partial charge on any atom is 0.326 e. The molecule has 0 saturated carbocycles. The lowest BCUT2D eigenvalue weighted by Crippen LogP contribution is -2.43. The van der Waals surface area contributed by atoms with E-state index in [0.717, 1.165) is 0 Å². The van der Waals surface area contributed by atoms with Gasteiger partial charge in [-0.25, -0.2) is 4.79 Å². The number of nitrogens with one attached hydrogen (secondary N) is 1. The highest BCUT2D eigenvalue weighted by Crippen LogP contribution is 2.12. The molecule has 1 rings (SSSR count). The molecule has 1 amide bonds. The number of hydrogen-bond acceptors (Lipinski definition) is 4. The molecular weight excluding hydrogens is 238 g/mol. The van der Waals surface area contributed by atoms with Crippen molar-refractivity contribution >= 4 is 11.9 Å². The third-order valence-corrected chi connectivity index (χ3v) is 2.40. The van der Waals surface area contributed by atoms with Crippen LogP contribution in [0.25, 0.3) is 0 Å². The molecule has 4 N–H and O–H groups in total. The predicted octanol–water partition coefficient (Wildman–Crippen LogP) is -0.328. The van der Waals surface area contributed by atoms with Gasteiger partial charge in [0.15, 0.2) is 6.10 Å². The van der Waals surface area contributed by atoms with Crippen molar-refractivity contribution in [1.29, 1.82) is 0 Å². The summed E-state index contributed by atoms with van der Waals surface area (Å²) < 4.78 is 0. The van der Waals surface area contributed by atoms with Crippen molar-refractivity contribution in [2.75, 3.05) is 6.61 Å². The molecule has 0 aliphatic rings. The first-order chi connectivity index (χ1) is 8.56. The standard InChI is InChI=1S/C12H15NO5/c14-7-6-9(12(17)18)13-11(16)10(15)8-4-2-1-3-5-8/h1-5,9-10,14-15H,6-7H2,(H,13,16)(H,17,18)/t9-,10?/m1/s1. The van der Waals surface area contributed by atoms with Crippen molar-refractivity contribution in [2.24, 2.45) is 0 Å². The Labute approximate surface area is 104 Å². The number of carbonyl (C=O) groups excluding carboxylic acids is 1. The number of rotatable bonds is 6. The third kappa shape index (κ3) is 3.83. The smallest absolute Gasteiger partial charge is 0.326 e. The molecule has 1 unspecified atom stereocenters. The van der Waals surface area contributed by atoms with Crippen LogP contribution in [0.2, 0.25) is 0 Å². The lowest BCUT2D eigenvalue weighted by atomic mass is 10.1. The molecule has 0 aliphatic carbocycles. The first-order valence-electron chi connectivity index (χ1n) is 5.43. The van der Waals surface area contributed by atoms with Crippen molar-refractivity contribution in [3.05, 3.63) is 35.9 Å². The topological polar surface area (TPSA) is 107 Å². The van der Waals surface area contributed by atoms with Gasteiger partial charge in [0.05, 0.1) is 0 Å². The van der Waals surface area contributed by atoms with Gasteiger partial charge in [0.1, 0.15) is 6.04 Å². The molecule has 0 aromatic heterocycles. The molecule has 1 aromatic rings. The van der Waals surface area contributed by atoms with Crippen LogP contribution in [0, 0.1) is 0 Å². The molecule has 0 saturated heterocycles. The molecule has 0 heterocycles. The summed E-state index contributed by atoms with van der Waals surface area (Å²) in [6.45, 7) is -0.362. The maximum atomic E-state index is 11.6. The van der Waals surface area contributed by atoms with Crippen LogP contribution in [0.4, 0.5) is 0 Å². The first kappa shape index (κ1) is 14.1. The predicted molar refractivity (Wildman–Crippen MR) is 62.7 cm³/mol. The number of carboxylic acids is 1. The Morgan fingerprint density at radius 1 is 1.22 bits per heavy atom. The van der Waals surface area contributed by atoms with E-state index in [1.54, 1.807) is 30.3 Å². The van der Waals surface area contributed by atoms with Gasteiger partial charge in [-0.1, -0.05) is 30.3 Å². The Bertz CT molecular complexity index is 406. The summed E-state index contributed by atoms with van der Waals surface area (Å²) in [6.07, 6.45) is -1.53. The summed E-state index contributed by atoms with van der Waals surface area (Å²) in [5.41, 5.74) is 0.378. The highest BCUT2D eigenvalue weighted by atomic mass is 16.4. The van der Waals surface area contributed by atoms with E-state index in [2.05, 4.69) is 5.32 Å². The molecule has 6 heteroatoms. The van der Waals surface area contributed by atoms with Crippen molar-refractivity contribution in [3.8, 4) is 0 Å². The van der Waals surface area contributed by atoms with E-state index >= 15 is 0 Å². The van der Waals surface area contributed by atoms with E-state index in [9.17, 15) is 14.7 Å². The lowest BCUT2D eigenvalue weighted by Gasteiger charge is -2.16. The van der Waals surface area contributed by atoms with E-state index in [-0.39, 0.29) is 13.0 Å². The molecular formula is C12H15NO5. The quantitative estimate of drug-likeness (QED) is 0.555. The van der Waals surface area contributed by atoms with Crippen LogP contribution in [-0.2, 0) is 9.59 Å². The van der Waals surface area contributed by atoms with Gasteiger partial charge in [-0.05, 0) is 5.56 Å². The largest absolute Gasteiger partial charge is 0.480 e. The second kappa shape index (κ2) is 6.73. The zero-order chi connectivity index (χ0) is 13.5. The van der Waals surface area contributed by atoms with Crippen molar-refractivity contribution in [1.82, 2.24) is 5.32 Å². The minimum absolute atomic E-state index is 0.109. The van der Waals surface area contributed by atoms with Gasteiger partial charge in [0.2, 0.25) is 0 Å². The van der Waals surface area contributed by atoms with Crippen LogP contribution in [0.1, 0.15) is 18.1 Å². The van der Waals surface area contributed by atoms with Crippen LogP contribution in [0.15, 0.2) is 30.3 Å². The molecule has 0 aliphatic heterocycles. The minimum Gasteiger partial charge on any atom is -0.480 e. The van der Waals surface area contributed by atoms with E-state index in [0.29, 0.717) is 5.56 Å². The Balaban J connectivity index is 2.67. The molecule has 0 bridgehead atoms. The van der Waals surface area contributed by atoms with Crippen molar-refractivity contribution in [2.45, 2.75) is 18.6 Å². The molecule has 2 atom stereocenters. The number of amides is 1. The molecule has 0 radical (unpaired) electrons. The molecule has 1 aromatic carbocycles.